The van der Waals surface area contributed by atoms with E-state index in [1.165, 1.54) is 6.20 Å². The van der Waals surface area contributed by atoms with E-state index in [1.807, 2.05) is 6.07 Å². The molecule has 0 spiro atoms. The number of pyridine rings is 1. The molecule has 1 aliphatic heterocycles. The van der Waals surface area contributed by atoms with Gasteiger partial charge in [-0.3, -0.25) is 0 Å². The van der Waals surface area contributed by atoms with Crippen molar-refractivity contribution in [3.63, 3.8) is 0 Å². The van der Waals surface area contributed by atoms with Gasteiger partial charge in [0, 0.05) is 25.5 Å². The summed E-state index contributed by atoms with van der Waals surface area (Å²) in [7, 11) is 0. The molecule has 1 fully saturated rings. The molecule has 2 heterocycles. The Morgan fingerprint density at radius 3 is 2.88 bits per heavy atom. The molecule has 5 heteroatoms. The smallest absolute Gasteiger partial charge is 0.149 e. The Hall–Kier alpha value is -1.80. The molecule has 0 aromatic carbocycles. The standard InChI is InChI=1S/C11H14N4O/c12-6-8-5-10(13)11(14-7-8)15-9-1-3-16-4-2-9/h5,7,9H,1-4,13H2,(H,14,15). The van der Waals surface area contributed by atoms with Gasteiger partial charge in [-0.15, -0.1) is 0 Å². The van der Waals surface area contributed by atoms with Gasteiger partial charge in [-0.2, -0.15) is 5.26 Å². The summed E-state index contributed by atoms with van der Waals surface area (Å²) in [5, 5.41) is 12.0. The normalized spacial score (nSPS) is 16.7. The van der Waals surface area contributed by atoms with E-state index in [0.29, 0.717) is 23.1 Å². The zero-order chi connectivity index (χ0) is 11.4. The van der Waals surface area contributed by atoms with Gasteiger partial charge >= 0.3 is 0 Å². The van der Waals surface area contributed by atoms with Gasteiger partial charge in [0.15, 0.2) is 0 Å². The summed E-state index contributed by atoms with van der Waals surface area (Å²) in [6.07, 6.45) is 3.44. The minimum atomic E-state index is 0.358. The predicted octanol–water partition coefficient (Wildman–Crippen LogP) is 1.13. The zero-order valence-corrected chi connectivity index (χ0v) is 8.94. The molecule has 0 unspecified atom stereocenters. The summed E-state index contributed by atoms with van der Waals surface area (Å²) < 4.78 is 5.27. The third-order valence-corrected chi connectivity index (χ3v) is 2.61. The molecule has 1 aromatic rings. The first-order valence-electron chi connectivity index (χ1n) is 5.29. The molecule has 0 saturated carbocycles. The van der Waals surface area contributed by atoms with Crippen LogP contribution in [-0.4, -0.2) is 24.2 Å². The predicted molar refractivity (Wildman–Crippen MR) is 60.8 cm³/mol. The van der Waals surface area contributed by atoms with Crippen molar-refractivity contribution in [1.82, 2.24) is 4.98 Å². The summed E-state index contributed by atoms with van der Waals surface area (Å²) in [5.41, 5.74) is 6.81. The highest BCUT2D eigenvalue weighted by atomic mass is 16.5. The second-order valence-corrected chi connectivity index (χ2v) is 3.80. The molecule has 0 radical (unpaired) electrons. The van der Waals surface area contributed by atoms with Crippen LogP contribution >= 0.6 is 0 Å². The van der Waals surface area contributed by atoms with Crippen LogP contribution in [-0.2, 0) is 4.74 Å². The van der Waals surface area contributed by atoms with Crippen LogP contribution in [0, 0.1) is 11.3 Å². The number of nitrogens with two attached hydrogens (primary N) is 1. The average Bonchev–Trinajstić information content (AvgIpc) is 2.33. The number of hydrogen-bond acceptors (Lipinski definition) is 5. The third kappa shape index (κ3) is 2.41. The Labute approximate surface area is 94.2 Å². The molecule has 0 amide bonds. The fourth-order valence-electron chi connectivity index (χ4n) is 1.70. The SMILES string of the molecule is N#Cc1cnc(NC2CCOCC2)c(N)c1. The van der Waals surface area contributed by atoms with Crippen LogP contribution in [0.2, 0.25) is 0 Å². The lowest BCUT2D eigenvalue weighted by molar-refractivity contribution is 0.0904. The summed E-state index contributed by atoms with van der Waals surface area (Å²) in [6, 6.07) is 4.00. The van der Waals surface area contributed by atoms with Crippen LogP contribution < -0.4 is 11.1 Å². The lowest BCUT2D eigenvalue weighted by Crippen LogP contribution is -2.28. The van der Waals surface area contributed by atoms with Crippen molar-refractivity contribution in [2.45, 2.75) is 18.9 Å². The Bertz CT molecular complexity index is 407. The molecule has 16 heavy (non-hydrogen) atoms. The van der Waals surface area contributed by atoms with Crippen molar-refractivity contribution in [2.24, 2.45) is 0 Å². The van der Waals surface area contributed by atoms with Crippen molar-refractivity contribution >= 4 is 11.5 Å². The molecule has 3 N–H and O–H groups in total. The van der Waals surface area contributed by atoms with Crippen LogP contribution in [0.25, 0.3) is 0 Å². The first kappa shape index (κ1) is 10.7. The Balaban J connectivity index is 2.06. The second kappa shape index (κ2) is 4.81. The van der Waals surface area contributed by atoms with Gasteiger partial charge < -0.3 is 15.8 Å². The van der Waals surface area contributed by atoms with Crippen LogP contribution in [0.3, 0.4) is 0 Å². The van der Waals surface area contributed by atoms with E-state index in [-0.39, 0.29) is 0 Å². The number of nitriles is 1. The number of nitrogen functional groups attached to an aromatic ring is 1. The van der Waals surface area contributed by atoms with Gasteiger partial charge in [0.1, 0.15) is 11.9 Å². The molecule has 84 valence electrons. The maximum Gasteiger partial charge on any atom is 0.149 e. The highest BCUT2D eigenvalue weighted by Crippen LogP contribution is 2.19. The molecular formula is C11H14N4O. The monoisotopic (exact) mass is 218 g/mol. The van der Waals surface area contributed by atoms with Crippen LogP contribution in [0.15, 0.2) is 12.3 Å². The lowest BCUT2D eigenvalue weighted by atomic mass is 10.1. The molecule has 1 saturated heterocycles. The summed E-state index contributed by atoms with van der Waals surface area (Å²) in [4.78, 5) is 4.14. The van der Waals surface area contributed by atoms with Crippen molar-refractivity contribution in [2.75, 3.05) is 24.3 Å². The number of nitrogens with zero attached hydrogens (tertiary/aromatic N) is 2. The number of ether oxygens (including phenoxy) is 1. The van der Waals surface area contributed by atoms with Crippen molar-refractivity contribution in [3.05, 3.63) is 17.8 Å². The maximum atomic E-state index is 8.69. The van der Waals surface area contributed by atoms with Crippen molar-refractivity contribution in [3.8, 4) is 6.07 Å². The number of rotatable bonds is 2. The fraction of sp³-hybridized carbons (Fsp3) is 0.455. The molecular weight excluding hydrogens is 204 g/mol. The third-order valence-electron chi connectivity index (χ3n) is 2.61. The molecule has 1 aliphatic rings. The van der Waals surface area contributed by atoms with E-state index in [2.05, 4.69) is 10.3 Å². The van der Waals surface area contributed by atoms with Gasteiger partial charge in [-0.05, 0) is 18.9 Å². The average molecular weight is 218 g/mol. The summed E-state index contributed by atoms with van der Waals surface area (Å²) in [5.74, 6) is 0.658. The summed E-state index contributed by atoms with van der Waals surface area (Å²) in [6.45, 7) is 1.54. The van der Waals surface area contributed by atoms with E-state index in [1.54, 1.807) is 6.07 Å². The Morgan fingerprint density at radius 2 is 2.25 bits per heavy atom. The fourth-order valence-corrected chi connectivity index (χ4v) is 1.70. The van der Waals surface area contributed by atoms with E-state index in [0.717, 1.165) is 26.1 Å². The van der Waals surface area contributed by atoms with E-state index >= 15 is 0 Å². The highest BCUT2D eigenvalue weighted by molar-refractivity contribution is 5.63. The van der Waals surface area contributed by atoms with Crippen LogP contribution in [0.4, 0.5) is 11.5 Å². The van der Waals surface area contributed by atoms with Gasteiger partial charge in [0.05, 0.1) is 11.3 Å². The van der Waals surface area contributed by atoms with Gasteiger partial charge in [-0.25, -0.2) is 4.98 Å². The maximum absolute atomic E-state index is 8.69. The molecule has 0 bridgehead atoms. The Morgan fingerprint density at radius 1 is 1.50 bits per heavy atom. The minimum Gasteiger partial charge on any atom is -0.396 e. The van der Waals surface area contributed by atoms with E-state index in [9.17, 15) is 0 Å². The van der Waals surface area contributed by atoms with Gasteiger partial charge in [0.2, 0.25) is 0 Å². The first-order chi connectivity index (χ1) is 7.79. The topological polar surface area (TPSA) is 84.0 Å². The number of nitrogens with one attached hydrogen (secondary N) is 1. The second-order valence-electron chi connectivity index (χ2n) is 3.80. The van der Waals surface area contributed by atoms with Crippen molar-refractivity contribution < 1.29 is 4.74 Å². The van der Waals surface area contributed by atoms with E-state index < -0.39 is 0 Å². The molecule has 1 aromatic heterocycles. The number of aromatic nitrogens is 1. The quantitative estimate of drug-likeness (QED) is 0.777. The zero-order valence-electron chi connectivity index (χ0n) is 8.94. The molecule has 2 rings (SSSR count). The van der Waals surface area contributed by atoms with Crippen molar-refractivity contribution in [1.29, 1.82) is 5.26 Å². The largest absolute Gasteiger partial charge is 0.396 e. The first-order valence-corrected chi connectivity index (χ1v) is 5.29. The number of anilines is 2. The minimum absolute atomic E-state index is 0.358. The molecule has 5 nitrogen and oxygen atoms in total. The van der Waals surface area contributed by atoms with Crippen LogP contribution in [0.5, 0.6) is 0 Å². The molecule has 0 aliphatic carbocycles. The lowest BCUT2D eigenvalue weighted by Gasteiger charge is -2.24. The Kier molecular flexibility index (Phi) is 3.22. The van der Waals surface area contributed by atoms with Crippen LogP contribution in [0.1, 0.15) is 18.4 Å². The van der Waals surface area contributed by atoms with E-state index in [4.69, 9.17) is 15.7 Å². The summed E-state index contributed by atoms with van der Waals surface area (Å²) >= 11 is 0. The highest BCUT2D eigenvalue weighted by Gasteiger charge is 2.15. The van der Waals surface area contributed by atoms with Gasteiger partial charge in [0.25, 0.3) is 0 Å². The van der Waals surface area contributed by atoms with Gasteiger partial charge in [-0.1, -0.05) is 0 Å². The molecule has 0 atom stereocenters. The number of hydrogen-bond donors (Lipinski definition) is 2.